The molecule has 2 aromatic carbocycles. The molecule has 8 nitrogen and oxygen atoms in total. The lowest BCUT2D eigenvalue weighted by atomic mass is 10.1. The standard InChI is InChI=1S/C21H22N4O4/c1-4-14(2)22-21(26)20-13-19(15-7-5-10-18(11-15)29-3)23-24(20)16-8-6-9-17(12-16)25(27)28/h5-14H,4H2,1-3H3,(H,22,26). The van der Waals surface area contributed by atoms with Crippen LogP contribution in [0.4, 0.5) is 5.69 Å². The Morgan fingerprint density at radius 3 is 2.69 bits per heavy atom. The normalized spacial score (nSPS) is 11.7. The highest BCUT2D eigenvalue weighted by molar-refractivity contribution is 5.94. The molecule has 0 saturated carbocycles. The van der Waals surface area contributed by atoms with Crippen molar-refractivity contribution in [1.82, 2.24) is 15.1 Å². The fourth-order valence-electron chi connectivity index (χ4n) is 2.80. The van der Waals surface area contributed by atoms with Crippen molar-refractivity contribution in [2.75, 3.05) is 7.11 Å². The first-order valence-corrected chi connectivity index (χ1v) is 9.23. The van der Waals surface area contributed by atoms with Gasteiger partial charge in [0.05, 0.1) is 23.4 Å². The van der Waals surface area contributed by atoms with Gasteiger partial charge in [0.2, 0.25) is 0 Å². The maximum atomic E-state index is 12.9. The molecule has 0 aliphatic heterocycles. The lowest BCUT2D eigenvalue weighted by molar-refractivity contribution is -0.384. The fourth-order valence-corrected chi connectivity index (χ4v) is 2.80. The van der Waals surface area contributed by atoms with E-state index in [4.69, 9.17) is 4.74 Å². The lowest BCUT2D eigenvalue weighted by Crippen LogP contribution is -2.33. The number of aromatic nitrogens is 2. The first kappa shape index (κ1) is 20.1. The van der Waals surface area contributed by atoms with Crippen molar-refractivity contribution in [3.8, 4) is 22.7 Å². The second-order valence-electron chi connectivity index (χ2n) is 6.62. The maximum absolute atomic E-state index is 12.9. The zero-order valence-corrected chi connectivity index (χ0v) is 16.5. The number of ether oxygens (including phenoxy) is 1. The maximum Gasteiger partial charge on any atom is 0.271 e. The SMILES string of the molecule is CCC(C)NC(=O)c1cc(-c2cccc(OC)c2)nn1-c1cccc([N+](=O)[O-])c1. The molecule has 3 rings (SSSR count). The molecule has 3 aromatic rings. The molecule has 150 valence electrons. The van der Waals surface area contributed by atoms with Gasteiger partial charge in [0.15, 0.2) is 0 Å². The van der Waals surface area contributed by atoms with Gasteiger partial charge in [0, 0.05) is 23.7 Å². The van der Waals surface area contributed by atoms with Crippen LogP contribution in [-0.2, 0) is 0 Å². The van der Waals surface area contributed by atoms with E-state index in [-0.39, 0.29) is 17.6 Å². The quantitative estimate of drug-likeness (QED) is 0.483. The third-order valence-electron chi connectivity index (χ3n) is 4.58. The molecule has 0 radical (unpaired) electrons. The van der Waals surface area contributed by atoms with Gasteiger partial charge >= 0.3 is 0 Å². The van der Waals surface area contributed by atoms with Crippen LogP contribution in [0.25, 0.3) is 16.9 Å². The molecule has 1 unspecified atom stereocenters. The number of rotatable bonds is 7. The molecule has 1 aromatic heterocycles. The van der Waals surface area contributed by atoms with E-state index in [0.717, 1.165) is 12.0 Å². The van der Waals surface area contributed by atoms with Gasteiger partial charge in [-0.1, -0.05) is 25.1 Å². The summed E-state index contributed by atoms with van der Waals surface area (Å²) in [5.74, 6) is 0.366. The summed E-state index contributed by atoms with van der Waals surface area (Å²) in [6.45, 7) is 3.89. The largest absolute Gasteiger partial charge is 0.497 e. The minimum atomic E-state index is -0.477. The monoisotopic (exact) mass is 394 g/mol. The van der Waals surface area contributed by atoms with Gasteiger partial charge in [-0.25, -0.2) is 4.68 Å². The van der Waals surface area contributed by atoms with Gasteiger partial charge in [-0.3, -0.25) is 14.9 Å². The molecule has 1 N–H and O–H groups in total. The summed E-state index contributed by atoms with van der Waals surface area (Å²) in [5, 5.41) is 18.6. The molecule has 1 heterocycles. The summed E-state index contributed by atoms with van der Waals surface area (Å²) in [4.78, 5) is 23.6. The number of nitro groups is 1. The van der Waals surface area contributed by atoms with Crippen LogP contribution in [0.1, 0.15) is 30.8 Å². The number of hydrogen-bond acceptors (Lipinski definition) is 5. The highest BCUT2D eigenvalue weighted by Crippen LogP contribution is 2.26. The van der Waals surface area contributed by atoms with Crippen LogP contribution in [0.3, 0.4) is 0 Å². The smallest absolute Gasteiger partial charge is 0.271 e. The van der Waals surface area contributed by atoms with Crippen molar-refractivity contribution in [1.29, 1.82) is 0 Å². The number of nitro benzene ring substituents is 1. The molecule has 0 fully saturated rings. The van der Waals surface area contributed by atoms with Crippen molar-refractivity contribution in [3.05, 3.63) is 70.4 Å². The fraction of sp³-hybridized carbons (Fsp3) is 0.238. The molecular formula is C21H22N4O4. The van der Waals surface area contributed by atoms with Gasteiger partial charge in [0.25, 0.3) is 11.6 Å². The number of non-ortho nitro benzene ring substituents is 1. The second kappa shape index (κ2) is 8.55. The second-order valence-corrected chi connectivity index (χ2v) is 6.62. The van der Waals surface area contributed by atoms with E-state index in [0.29, 0.717) is 22.8 Å². The first-order chi connectivity index (χ1) is 13.9. The average molecular weight is 394 g/mol. The molecule has 0 aliphatic carbocycles. The molecule has 0 saturated heterocycles. The van der Waals surface area contributed by atoms with E-state index in [9.17, 15) is 14.9 Å². The summed E-state index contributed by atoms with van der Waals surface area (Å²) in [6, 6.07) is 15.0. The van der Waals surface area contributed by atoms with Crippen molar-refractivity contribution >= 4 is 11.6 Å². The summed E-state index contributed by atoms with van der Waals surface area (Å²) < 4.78 is 6.70. The van der Waals surface area contributed by atoms with E-state index < -0.39 is 4.92 Å². The van der Waals surface area contributed by atoms with Crippen molar-refractivity contribution in [2.24, 2.45) is 0 Å². The van der Waals surface area contributed by atoms with Crippen LogP contribution in [0.15, 0.2) is 54.6 Å². The number of nitrogens with zero attached hydrogens (tertiary/aromatic N) is 3. The number of nitrogens with one attached hydrogen (secondary N) is 1. The van der Waals surface area contributed by atoms with Crippen molar-refractivity contribution in [2.45, 2.75) is 26.3 Å². The highest BCUT2D eigenvalue weighted by Gasteiger charge is 2.20. The molecule has 1 atom stereocenters. The Morgan fingerprint density at radius 2 is 2.00 bits per heavy atom. The summed E-state index contributed by atoms with van der Waals surface area (Å²) in [7, 11) is 1.58. The number of hydrogen-bond donors (Lipinski definition) is 1. The summed E-state index contributed by atoms with van der Waals surface area (Å²) >= 11 is 0. The Bertz CT molecular complexity index is 1040. The Kier molecular flexibility index (Phi) is 5.92. The van der Waals surface area contributed by atoms with Gasteiger partial charge in [-0.2, -0.15) is 5.10 Å². The first-order valence-electron chi connectivity index (χ1n) is 9.23. The molecule has 0 bridgehead atoms. The van der Waals surface area contributed by atoms with Gasteiger partial charge in [-0.15, -0.1) is 0 Å². The Morgan fingerprint density at radius 1 is 1.24 bits per heavy atom. The molecule has 1 amide bonds. The third kappa shape index (κ3) is 4.43. The molecular weight excluding hydrogens is 372 g/mol. The Labute approximate surface area is 168 Å². The van der Waals surface area contributed by atoms with Gasteiger partial charge in [-0.05, 0) is 37.6 Å². The summed E-state index contributed by atoms with van der Waals surface area (Å²) in [6.07, 6.45) is 0.777. The number of carbonyl (C=O) groups is 1. The number of amides is 1. The van der Waals surface area contributed by atoms with Crippen LogP contribution in [-0.4, -0.2) is 33.8 Å². The van der Waals surface area contributed by atoms with E-state index >= 15 is 0 Å². The summed E-state index contributed by atoms with van der Waals surface area (Å²) in [5.41, 5.74) is 1.98. The average Bonchev–Trinajstić information content (AvgIpc) is 3.19. The predicted octanol–water partition coefficient (Wildman–Crippen LogP) is 3.98. The van der Waals surface area contributed by atoms with Crippen molar-refractivity contribution < 1.29 is 14.5 Å². The van der Waals surface area contributed by atoms with Crippen molar-refractivity contribution in [3.63, 3.8) is 0 Å². The highest BCUT2D eigenvalue weighted by atomic mass is 16.6. The van der Waals surface area contributed by atoms with E-state index in [1.54, 1.807) is 25.3 Å². The minimum Gasteiger partial charge on any atom is -0.497 e. The van der Waals surface area contributed by atoms with Crippen LogP contribution < -0.4 is 10.1 Å². The molecule has 29 heavy (non-hydrogen) atoms. The van der Waals surface area contributed by atoms with Crippen LogP contribution in [0, 0.1) is 10.1 Å². The molecule has 8 heteroatoms. The van der Waals surface area contributed by atoms with E-state index in [1.165, 1.54) is 16.8 Å². The lowest BCUT2D eigenvalue weighted by Gasteiger charge is -2.12. The Hall–Kier alpha value is -3.68. The Balaban J connectivity index is 2.12. The minimum absolute atomic E-state index is 0.0174. The third-order valence-corrected chi connectivity index (χ3v) is 4.58. The van der Waals surface area contributed by atoms with E-state index in [2.05, 4.69) is 10.4 Å². The number of methoxy groups -OCH3 is 1. The predicted molar refractivity (Wildman–Crippen MR) is 109 cm³/mol. The zero-order chi connectivity index (χ0) is 21.0. The topological polar surface area (TPSA) is 99.3 Å². The molecule has 0 spiro atoms. The molecule has 0 aliphatic rings. The zero-order valence-electron chi connectivity index (χ0n) is 16.5. The number of carbonyl (C=O) groups excluding carboxylic acids is 1. The van der Waals surface area contributed by atoms with Crippen LogP contribution in [0.5, 0.6) is 5.75 Å². The van der Waals surface area contributed by atoms with Gasteiger partial charge in [0.1, 0.15) is 11.4 Å². The van der Waals surface area contributed by atoms with Crippen LogP contribution in [0.2, 0.25) is 0 Å². The number of benzene rings is 2. The van der Waals surface area contributed by atoms with Gasteiger partial charge < -0.3 is 10.1 Å². The van der Waals surface area contributed by atoms with E-state index in [1.807, 2.05) is 38.1 Å². The van der Waals surface area contributed by atoms with Crippen LogP contribution >= 0.6 is 0 Å².